The molecule has 0 spiro atoms. The second kappa shape index (κ2) is 7.80. The Morgan fingerprint density at radius 1 is 1.15 bits per heavy atom. The molecule has 2 aromatic rings. The predicted octanol–water partition coefficient (Wildman–Crippen LogP) is 3.81. The Hall–Kier alpha value is -2.51. The van der Waals surface area contributed by atoms with Crippen LogP contribution in [0.5, 0.6) is 17.2 Å². The molecular weight excluding hydrogens is 370 g/mol. The van der Waals surface area contributed by atoms with Crippen molar-refractivity contribution in [2.45, 2.75) is 6.54 Å². The van der Waals surface area contributed by atoms with Crippen LogP contribution in [0, 0.1) is 0 Å². The van der Waals surface area contributed by atoms with Gasteiger partial charge in [0.25, 0.3) is 5.91 Å². The van der Waals surface area contributed by atoms with Gasteiger partial charge in [-0.05, 0) is 29.3 Å². The first-order valence-corrected chi connectivity index (χ1v) is 9.00. The van der Waals surface area contributed by atoms with Gasteiger partial charge in [-0.3, -0.25) is 9.69 Å². The molecule has 0 saturated carbocycles. The largest absolute Gasteiger partial charge is 0.502 e. The molecular formula is C19H17NO4S2. The van der Waals surface area contributed by atoms with Crippen molar-refractivity contribution in [1.29, 1.82) is 0 Å². The van der Waals surface area contributed by atoms with Crippen LogP contribution in [0.3, 0.4) is 0 Å². The molecule has 2 aromatic carbocycles. The zero-order valence-corrected chi connectivity index (χ0v) is 15.9. The molecule has 3 rings (SSSR count). The van der Waals surface area contributed by atoms with Gasteiger partial charge < -0.3 is 14.6 Å². The Morgan fingerprint density at radius 2 is 1.77 bits per heavy atom. The summed E-state index contributed by atoms with van der Waals surface area (Å²) in [7, 11) is 2.91. The fourth-order valence-corrected chi connectivity index (χ4v) is 3.81. The van der Waals surface area contributed by atoms with E-state index >= 15 is 0 Å². The monoisotopic (exact) mass is 387 g/mol. The standard InChI is InChI=1S/C19H17NO4S2/c1-23-14-8-13(9-15(24-2)17(14)21)10-16-18(22)20(19(25)26-16)11-12-6-4-3-5-7-12/h3-10,21H,11H2,1-2H3. The summed E-state index contributed by atoms with van der Waals surface area (Å²) in [6.07, 6.45) is 1.72. The van der Waals surface area contributed by atoms with Gasteiger partial charge >= 0.3 is 0 Å². The highest BCUT2D eigenvalue weighted by atomic mass is 32.2. The smallest absolute Gasteiger partial charge is 0.266 e. The average Bonchev–Trinajstić information content (AvgIpc) is 2.91. The molecule has 1 amide bonds. The lowest BCUT2D eigenvalue weighted by atomic mass is 10.1. The highest BCUT2D eigenvalue weighted by molar-refractivity contribution is 8.26. The van der Waals surface area contributed by atoms with Gasteiger partial charge in [0.15, 0.2) is 11.5 Å². The zero-order valence-electron chi connectivity index (χ0n) is 14.3. The lowest BCUT2D eigenvalue weighted by Crippen LogP contribution is -2.27. The number of thiocarbonyl (C=S) groups is 1. The van der Waals surface area contributed by atoms with Crippen molar-refractivity contribution < 1.29 is 19.4 Å². The third kappa shape index (κ3) is 3.68. The van der Waals surface area contributed by atoms with E-state index in [2.05, 4.69) is 0 Å². The second-order valence-electron chi connectivity index (χ2n) is 5.53. The molecule has 0 unspecified atom stereocenters. The van der Waals surface area contributed by atoms with E-state index in [-0.39, 0.29) is 23.2 Å². The van der Waals surface area contributed by atoms with Crippen LogP contribution in [0.1, 0.15) is 11.1 Å². The zero-order chi connectivity index (χ0) is 18.7. The van der Waals surface area contributed by atoms with Crippen molar-refractivity contribution in [2.24, 2.45) is 0 Å². The third-order valence-corrected chi connectivity index (χ3v) is 5.23. The predicted molar refractivity (Wildman–Crippen MR) is 106 cm³/mol. The highest BCUT2D eigenvalue weighted by Crippen LogP contribution is 2.39. The first kappa shape index (κ1) is 18.3. The quantitative estimate of drug-likeness (QED) is 0.622. The number of hydrogen-bond donors (Lipinski definition) is 1. The molecule has 1 heterocycles. The van der Waals surface area contributed by atoms with Gasteiger partial charge in [-0.1, -0.05) is 54.3 Å². The molecule has 134 valence electrons. The van der Waals surface area contributed by atoms with Crippen LogP contribution in [0.2, 0.25) is 0 Å². The fraction of sp³-hybridized carbons (Fsp3) is 0.158. The number of carbonyl (C=O) groups is 1. The van der Waals surface area contributed by atoms with Crippen LogP contribution in [0.4, 0.5) is 0 Å². The molecule has 1 aliphatic heterocycles. The Kier molecular flexibility index (Phi) is 5.49. The topological polar surface area (TPSA) is 59.0 Å². The van der Waals surface area contributed by atoms with E-state index < -0.39 is 0 Å². The molecule has 1 aliphatic rings. The normalized spacial score (nSPS) is 15.6. The summed E-state index contributed by atoms with van der Waals surface area (Å²) >= 11 is 6.62. The number of methoxy groups -OCH3 is 2. The average molecular weight is 387 g/mol. The molecule has 1 saturated heterocycles. The maximum absolute atomic E-state index is 12.7. The number of benzene rings is 2. The Bertz CT molecular complexity index is 855. The summed E-state index contributed by atoms with van der Waals surface area (Å²) in [5.41, 5.74) is 1.69. The lowest BCUT2D eigenvalue weighted by molar-refractivity contribution is -0.122. The fourth-order valence-electron chi connectivity index (χ4n) is 2.55. The molecule has 1 fully saturated rings. The molecule has 26 heavy (non-hydrogen) atoms. The van der Waals surface area contributed by atoms with Gasteiger partial charge in [-0.2, -0.15) is 0 Å². The van der Waals surface area contributed by atoms with Gasteiger partial charge in [-0.25, -0.2) is 0 Å². The number of thioether (sulfide) groups is 1. The first-order valence-electron chi connectivity index (χ1n) is 7.77. The molecule has 0 bridgehead atoms. The summed E-state index contributed by atoms with van der Waals surface area (Å²) in [5, 5.41) is 10.0. The number of phenolic OH excluding ortho intramolecular Hbond substituents is 1. The van der Waals surface area contributed by atoms with E-state index in [9.17, 15) is 9.90 Å². The van der Waals surface area contributed by atoms with Crippen molar-refractivity contribution in [2.75, 3.05) is 14.2 Å². The molecule has 7 heteroatoms. The van der Waals surface area contributed by atoms with E-state index in [4.69, 9.17) is 21.7 Å². The minimum atomic E-state index is -0.144. The summed E-state index contributed by atoms with van der Waals surface area (Å²) in [4.78, 5) is 14.8. The SMILES string of the molecule is COc1cc(C=C2SC(=S)N(Cc3ccccc3)C2=O)cc(OC)c1O. The van der Waals surface area contributed by atoms with Gasteiger partial charge in [0.1, 0.15) is 4.32 Å². The number of amides is 1. The molecule has 0 atom stereocenters. The van der Waals surface area contributed by atoms with Crippen molar-refractivity contribution in [3.63, 3.8) is 0 Å². The van der Waals surface area contributed by atoms with Crippen molar-refractivity contribution in [3.8, 4) is 17.2 Å². The lowest BCUT2D eigenvalue weighted by Gasteiger charge is -2.14. The van der Waals surface area contributed by atoms with Gasteiger partial charge in [0.05, 0.1) is 25.7 Å². The minimum Gasteiger partial charge on any atom is -0.502 e. The van der Waals surface area contributed by atoms with Crippen LogP contribution < -0.4 is 9.47 Å². The van der Waals surface area contributed by atoms with Crippen molar-refractivity contribution in [1.82, 2.24) is 4.90 Å². The van der Waals surface area contributed by atoms with Crippen LogP contribution in [-0.2, 0) is 11.3 Å². The number of nitrogens with zero attached hydrogens (tertiary/aromatic N) is 1. The maximum atomic E-state index is 12.7. The van der Waals surface area contributed by atoms with E-state index in [0.717, 1.165) is 5.56 Å². The van der Waals surface area contributed by atoms with Crippen LogP contribution >= 0.6 is 24.0 Å². The number of ether oxygens (including phenoxy) is 2. The third-order valence-electron chi connectivity index (χ3n) is 3.86. The van der Waals surface area contributed by atoms with Crippen LogP contribution in [0.25, 0.3) is 6.08 Å². The first-order chi connectivity index (χ1) is 12.5. The Balaban J connectivity index is 1.88. The maximum Gasteiger partial charge on any atom is 0.266 e. The summed E-state index contributed by atoms with van der Waals surface area (Å²) < 4.78 is 10.8. The van der Waals surface area contributed by atoms with Gasteiger partial charge in [0.2, 0.25) is 5.75 Å². The van der Waals surface area contributed by atoms with E-state index in [1.54, 1.807) is 23.1 Å². The Morgan fingerprint density at radius 3 is 2.35 bits per heavy atom. The highest BCUT2D eigenvalue weighted by Gasteiger charge is 2.32. The van der Waals surface area contributed by atoms with E-state index in [0.29, 0.717) is 21.3 Å². The molecule has 0 aliphatic carbocycles. The second-order valence-corrected chi connectivity index (χ2v) is 7.20. The van der Waals surface area contributed by atoms with Crippen molar-refractivity contribution in [3.05, 3.63) is 58.5 Å². The van der Waals surface area contributed by atoms with Gasteiger partial charge in [0, 0.05) is 0 Å². The summed E-state index contributed by atoms with van der Waals surface area (Å²) in [6, 6.07) is 13.0. The molecule has 1 N–H and O–H groups in total. The number of aromatic hydroxyl groups is 1. The summed E-state index contributed by atoms with van der Waals surface area (Å²) in [5.74, 6) is 0.323. The van der Waals surface area contributed by atoms with Crippen LogP contribution in [0.15, 0.2) is 47.4 Å². The molecule has 5 nitrogen and oxygen atoms in total. The van der Waals surface area contributed by atoms with Gasteiger partial charge in [-0.15, -0.1) is 0 Å². The number of phenols is 1. The summed E-state index contributed by atoms with van der Waals surface area (Å²) in [6.45, 7) is 0.436. The molecule has 0 aromatic heterocycles. The van der Waals surface area contributed by atoms with E-state index in [1.807, 2.05) is 30.3 Å². The molecule has 0 radical (unpaired) electrons. The van der Waals surface area contributed by atoms with Crippen molar-refractivity contribution >= 4 is 40.3 Å². The number of hydrogen-bond acceptors (Lipinski definition) is 6. The van der Waals surface area contributed by atoms with Crippen LogP contribution in [-0.4, -0.2) is 34.5 Å². The number of rotatable bonds is 5. The van der Waals surface area contributed by atoms with E-state index in [1.165, 1.54) is 26.0 Å². The Labute approximate surface area is 161 Å². The number of carbonyl (C=O) groups excluding carboxylic acids is 1. The minimum absolute atomic E-state index is 0.0798.